The summed E-state index contributed by atoms with van der Waals surface area (Å²) in [4.78, 5) is 19.7. The number of nitrogens with zero attached hydrogens (tertiary/aromatic N) is 2. The number of amidine groups is 1. The number of carbonyl (C=O) groups is 1. The second-order valence-electron chi connectivity index (χ2n) is 6.11. The van der Waals surface area contributed by atoms with E-state index >= 15 is 0 Å². The average Bonchev–Trinajstić information content (AvgIpc) is 3.03. The summed E-state index contributed by atoms with van der Waals surface area (Å²) in [5.74, 6) is 1.42. The van der Waals surface area contributed by atoms with Gasteiger partial charge in [0.15, 0.2) is 16.7 Å². The minimum Gasteiger partial charge on any atom is -0.493 e. The first-order valence-corrected chi connectivity index (χ1v) is 11.0. The molecular weight excluding hydrogens is 492 g/mol. The highest BCUT2D eigenvalue weighted by Gasteiger charge is 2.32. The lowest BCUT2D eigenvalue weighted by Gasteiger charge is -2.13. The van der Waals surface area contributed by atoms with Crippen molar-refractivity contribution < 1.29 is 19.0 Å². The van der Waals surface area contributed by atoms with Crippen molar-refractivity contribution >= 4 is 62.1 Å². The van der Waals surface area contributed by atoms with Crippen molar-refractivity contribution in [1.82, 2.24) is 4.90 Å². The van der Waals surface area contributed by atoms with Crippen molar-refractivity contribution in [3.05, 3.63) is 50.3 Å². The molecule has 1 fully saturated rings. The Hall–Kier alpha value is -2.16. The Kier molecular flexibility index (Phi) is 7.33. The van der Waals surface area contributed by atoms with E-state index in [0.29, 0.717) is 44.6 Å². The Morgan fingerprint density at radius 2 is 1.80 bits per heavy atom. The van der Waals surface area contributed by atoms with E-state index < -0.39 is 0 Å². The summed E-state index contributed by atoms with van der Waals surface area (Å²) in [5.41, 5.74) is 1.43. The molecule has 0 radical (unpaired) electrons. The van der Waals surface area contributed by atoms with Gasteiger partial charge in [0.2, 0.25) is 5.75 Å². The first-order valence-electron chi connectivity index (χ1n) is 8.97. The van der Waals surface area contributed by atoms with Crippen molar-refractivity contribution in [2.24, 2.45) is 4.99 Å². The van der Waals surface area contributed by atoms with Crippen LogP contribution in [-0.4, -0.2) is 43.8 Å². The van der Waals surface area contributed by atoms with Crippen molar-refractivity contribution in [2.45, 2.75) is 6.92 Å². The van der Waals surface area contributed by atoms with Gasteiger partial charge in [-0.25, -0.2) is 4.99 Å². The summed E-state index contributed by atoms with van der Waals surface area (Å²) in [6, 6.07) is 9.00. The second-order valence-corrected chi connectivity index (χ2v) is 8.38. The van der Waals surface area contributed by atoms with Gasteiger partial charge in [-0.3, -0.25) is 9.69 Å². The molecular formula is C21H20BrClN2O4S. The van der Waals surface area contributed by atoms with Crippen LogP contribution < -0.4 is 14.2 Å². The highest BCUT2D eigenvalue weighted by Crippen LogP contribution is 2.40. The molecule has 2 aromatic rings. The fourth-order valence-electron chi connectivity index (χ4n) is 2.87. The minimum atomic E-state index is -0.113. The predicted molar refractivity (Wildman–Crippen MR) is 125 cm³/mol. The lowest BCUT2D eigenvalue weighted by molar-refractivity contribution is -0.122. The zero-order valence-electron chi connectivity index (χ0n) is 16.9. The zero-order valence-corrected chi connectivity index (χ0v) is 20.0. The lowest BCUT2D eigenvalue weighted by atomic mass is 10.1. The van der Waals surface area contributed by atoms with Crippen LogP contribution in [0.5, 0.6) is 17.2 Å². The molecule has 9 heteroatoms. The number of thioether (sulfide) groups is 1. The molecule has 1 saturated heterocycles. The molecule has 1 aliphatic heterocycles. The molecule has 0 aromatic heterocycles. The van der Waals surface area contributed by atoms with Gasteiger partial charge in [0, 0.05) is 11.0 Å². The summed E-state index contributed by atoms with van der Waals surface area (Å²) in [5, 5.41) is 1.15. The number of ether oxygens (including phenoxy) is 3. The van der Waals surface area contributed by atoms with E-state index in [1.807, 2.05) is 19.1 Å². The average molecular weight is 512 g/mol. The molecule has 30 heavy (non-hydrogen) atoms. The molecule has 0 spiro atoms. The van der Waals surface area contributed by atoms with E-state index in [9.17, 15) is 4.79 Å². The van der Waals surface area contributed by atoms with Crippen LogP contribution in [0.4, 0.5) is 5.69 Å². The van der Waals surface area contributed by atoms with Crippen LogP contribution in [0, 0.1) is 0 Å². The molecule has 3 rings (SSSR count). The number of aliphatic imine (C=N–C) groups is 1. The number of methoxy groups -OCH3 is 3. The first-order chi connectivity index (χ1) is 14.4. The number of hydrogen-bond donors (Lipinski definition) is 0. The molecule has 0 bridgehead atoms. The largest absolute Gasteiger partial charge is 0.493 e. The topological polar surface area (TPSA) is 60.4 Å². The maximum absolute atomic E-state index is 12.9. The Balaban J connectivity index is 1.99. The quantitative estimate of drug-likeness (QED) is 0.462. The third-order valence-electron chi connectivity index (χ3n) is 4.32. The molecule has 2 aromatic carbocycles. The van der Waals surface area contributed by atoms with Crippen molar-refractivity contribution in [3.8, 4) is 17.2 Å². The van der Waals surface area contributed by atoms with Crippen molar-refractivity contribution in [1.29, 1.82) is 0 Å². The number of rotatable bonds is 6. The second kappa shape index (κ2) is 9.76. The summed E-state index contributed by atoms with van der Waals surface area (Å²) >= 11 is 10.8. The van der Waals surface area contributed by atoms with Gasteiger partial charge in [0.1, 0.15) is 0 Å². The maximum atomic E-state index is 12.9. The normalized spacial score (nSPS) is 16.5. The summed E-state index contributed by atoms with van der Waals surface area (Å²) in [6.07, 6.45) is 1.79. The van der Waals surface area contributed by atoms with Crippen LogP contribution in [0.1, 0.15) is 12.5 Å². The highest BCUT2D eigenvalue weighted by molar-refractivity contribution is 9.10. The zero-order chi connectivity index (χ0) is 21.8. The van der Waals surface area contributed by atoms with Gasteiger partial charge in [-0.15, -0.1) is 0 Å². The fraction of sp³-hybridized carbons (Fsp3) is 0.238. The Bertz CT molecular complexity index is 1020. The molecule has 0 aliphatic carbocycles. The number of benzene rings is 2. The van der Waals surface area contributed by atoms with Crippen LogP contribution in [0.2, 0.25) is 5.02 Å². The fourth-order valence-corrected chi connectivity index (χ4v) is 4.36. The van der Waals surface area contributed by atoms with Crippen LogP contribution >= 0.6 is 39.3 Å². The smallest absolute Gasteiger partial charge is 0.266 e. The number of likely N-dealkylation sites (N-methyl/N-ethyl adjacent to an activating group) is 1. The molecule has 1 aliphatic rings. The van der Waals surface area contributed by atoms with Gasteiger partial charge in [0.05, 0.1) is 36.9 Å². The van der Waals surface area contributed by atoms with Gasteiger partial charge in [-0.1, -0.05) is 11.6 Å². The predicted octanol–water partition coefficient (Wildman–Crippen LogP) is 5.75. The molecule has 1 amide bonds. The third-order valence-corrected chi connectivity index (χ3v) is 6.56. The molecule has 158 valence electrons. The Morgan fingerprint density at radius 3 is 2.33 bits per heavy atom. The standard InChI is InChI=1S/C21H20BrClN2O4S/c1-5-25-20(26)18(30-21(25)24-13-6-7-14(22)15(23)11-13)10-12-8-16(27-2)19(29-4)17(9-12)28-3/h6-11H,5H2,1-4H3/b18-10-,24-21?. The van der Waals surface area contributed by atoms with E-state index in [2.05, 4.69) is 20.9 Å². The molecule has 0 atom stereocenters. The third kappa shape index (κ3) is 4.61. The highest BCUT2D eigenvalue weighted by atomic mass is 79.9. The number of amides is 1. The van der Waals surface area contributed by atoms with E-state index in [1.165, 1.54) is 11.8 Å². The van der Waals surface area contributed by atoms with Gasteiger partial charge in [-0.05, 0) is 76.6 Å². The Morgan fingerprint density at radius 1 is 1.13 bits per heavy atom. The van der Waals surface area contributed by atoms with Crippen LogP contribution in [0.15, 0.2) is 44.7 Å². The van der Waals surface area contributed by atoms with Gasteiger partial charge in [0.25, 0.3) is 5.91 Å². The van der Waals surface area contributed by atoms with E-state index in [4.69, 9.17) is 25.8 Å². The Labute approximate surface area is 193 Å². The first kappa shape index (κ1) is 22.5. The van der Waals surface area contributed by atoms with Crippen LogP contribution in [0.3, 0.4) is 0 Å². The molecule has 0 saturated carbocycles. The molecule has 1 heterocycles. The molecule has 0 N–H and O–H groups in total. The minimum absolute atomic E-state index is 0.113. The monoisotopic (exact) mass is 510 g/mol. The van der Waals surface area contributed by atoms with Gasteiger partial charge >= 0.3 is 0 Å². The number of hydrogen-bond acceptors (Lipinski definition) is 6. The molecule has 0 unspecified atom stereocenters. The van der Waals surface area contributed by atoms with Crippen molar-refractivity contribution in [3.63, 3.8) is 0 Å². The lowest BCUT2D eigenvalue weighted by Crippen LogP contribution is -2.28. The molecule has 6 nitrogen and oxygen atoms in total. The SMILES string of the molecule is CCN1C(=O)/C(=C/c2cc(OC)c(OC)c(OC)c2)SC1=Nc1ccc(Br)c(Cl)c1. The van der Waals surface area contributed by atoms with Gasteiger partial charge in [-0.2, -0.15) is 0 Å². The summed E-state index contributed by atoms with van der Waals surface area (Å²) in [6.45, 7) is 2.41. The van der Waals surface area contributed by atoms with E-state index in [1.54, 1.807) is 50.5 Å². The van der Waals surface area contributed by atoms with Crippen LogP contribution in [0.25, 0.3) is 6.08 Å². The summed E-state index contributed by atoms with van der Waals surface area (Å²) in [7, 11) is 4.65. The van der Waals surface area contributed by atoms with E-state index in [-0.39, 0.29) is 5.91 Å². The van der Waals surface area contributed by atoms with Crippen molar-refractivity contribution in [2.75, 3.05) is 27.9 Å². The number of halogens is 2. The van der Waals surface area contributed by atoms with Crippen LogP contribution in [-0.2, 0) is 4.79 Å². The van der Waals surface area contributed by atoms with E-state index in [0.717, 1.165) is 10.0 Å². The van der Waals surface area contributed by atoms with Gasteiger partial charge < -0.3 is 14.2 Å². The summed E-state index contributed by atoms with van der Waals surface area (Å²) < 4.78 is 16.9. The maximum Gasteiger partial charge on any atom is 0.266 e. The number of carbonyl (C=O) groups excluding carboxylic acids is 1.